The molecule has 2 nitrogen and oxygen atoms in total. The smallest absolute Gasteiger partial charge is 0.333 e. The third-order valence-corrected chi connectivity index (χ3v) is 3.05. The summed E-state index contributed by atoms with van der Waals surface area (Å²) in [5, 5.41) is 0. The molecule has 0 saturated heterocycles. The molecular formula is C12H21BrO2. The first kappa shape index (κ1) is 14.7. The maximum atomic E-state index is 11.0. The van der Waals surface area contributed by atoms with Crippen molar-refractivity contribution in [1.82, 2.24) is 0 Å². The topological polar surface area (TPSA) is 26.3 Å². The third kappa shape index (κ3) is 8.67. The molecule has 0 fully saturated rings. The zero-order valence-electron chi connectivity index (χ0n) is 9.72. The molecule has 0 saturated carbocycles. The van der Waals surface area contributed by atoms with Crippen LogP contribution in [0.3, 0.4) is 0 Å². The number of ether oxygens (including phenoxy) is 1. The van der Waals surface area contributed by atoms with Gasteiger partial charge >= 0.3 is 5.97 Å². The zero-order valence-corrected chi connectivity index (χ0v) is 11.3. The Bertz CT molecular complexity index is 202. The van der Waals surface area contributed by atoms with Crippen molar-refractivity contribution in [3.8, 4) is 0 Å². The van der Waals surface area contributed by atoms with Crippen molar-refractivity contribution < 1.29 is 9.53 Å². The summed E-state index contributed by atoms with van der Waals surface area (Å²) in [7, 11) is 0. The number of hydrogen-bond donors (Lipinski definition) is 0. The second kappa shape index (κ2) is 8.96. The van der Waals surface area contributed by atoms with E-state index in [1.807, 2.05) is 0 Å². The van der Waals surface area contributed by atoms with E-state index in [0.29, 0.717) is 17.0 Å². The van der Waals surface area contributed by atoms with Gasteiger partial charge in [-0.3, -0.25) is 0 Å². The molecule has 0 aromatic rings. The summed E-state index contributed by atoms with van der Waals surface area (Å²) < 4.78 is 5.01. The largest absolute Gasteiger partial charge is 0.462 e. The molecular weight excluding hydrogens is 256 g/mol. The monoisotopic (exact) mass is 276 g/mol. The fourth-order valence-electron chi connectivity index (χ4n) is 1.16. The van der Waals surface area contributed by atoms with E-state index in [9.17, 15) is 4.79 Å². The van der Waals surface area contributed by atoms with E-state index in [4.69, 9.17) is 4.74 Å². The van der Waals surface area contributed by atoms with E-state index in [1.165, 1.54) is 19.3 Å². The fourth-order valence-corrected chi connectivity index (χ4v) is 1.67. The summed E-state index contributed by atoms with van der Waals surface area (Å²) in [5.74, 6) is -0.289. The van der Waals surface area contributed by atoms with Gasteiger partial charge in [0.05, 0.1) is 6.61 Å². The van der Waals surface area contributed by atoms with Crippen LogP contribution in [0.2, 0.25) is 0 Å². The number of carbonyl (C=O) groups excluding carboxylic acids is 1. The second-order valence-corrected chi connectivity index (χ2v) is 5.09. The number of alkyl halides is 1. The van der Waals surface area contributed by atoms with Crippen molar-refractivity contribution in [3.05, 3.63) is 12.2 Å². The Balaban J connectivity index is 3.42. The number of esters is 1. The van der Waals surface area contributed by atoms with Crippen LogP contribution in [0.5, 0.6) is 0 Å². The zero-order chi connectivity index (χ0) is 11.7. The van der Waals surface area contributed by atoms with Gasteiger partial charge in [-0.15, -0.1) is 0 Å². The molecule has 0 aromatic heterocycles. The lowest BCUT2D eigenvalue weighted by molar-refractivity contribution is -0.139. The predicted octanol–water partition coefficient (Wildman–Crippen LogP) is 3.84. The Morgan fingerprint density at radius 3 is 2.60 bits per heavy atom. The van der Waals surface area contributed by atoms with Crippen LogP contribution in [0.1, 0.15) is 46.0 Å². The highest BCUT2D eigenvalue weighted by Crippen LogP contribution is 2.14. The van der Waals surface area contributed by atoms with Gasteiger partial charge in [0.2, 0.25) is 0 Å². The maximum absolute atomic E-state index is 11.0. The van der Waals surface area contributed by atoms with Gasteiger partial charge in [-0.25, -0.2) is 4.79 Å². The first-order valence-electron chi connectivity index (χ1n) is 5.54. The van der Waals surface area contributed by atoms with Crippen LogP contribution < -0.4 is 0 Å². The van der Waals surface area contributed by atoms with Gasteiger partial charge in [0.1, 0.15) is 0 Å². The van der Waals surface area contributed by atoms with Crippen LogP contribution in [0, 0.1) is 0 Å². The third-order valence-electron chi connectivity index (χ3n) is 2.13. The van der Waals surface area contributed by atoms with E-state index in [2.05, 4.69) is 29.4 Å². The molecule has 0 aliphatic heterocycles. The van der Waals surface area contributed by atoms with Gasteiger partial charge in [0, 0.05) is 10.4 Å². The molecule has 0 amide bonds. The molecule has 0 aliphatic rings. The minimum absolute atomic E-state index is 0.289. The number of rotatable bonds is 8. The average molecular weight is 277 g/mol. The molecule has 0 aliphatic carbocycles. The molecule has 0 radical (unpaired) electrons. The summed E-state index contributed by atoms with van der Waals surface area (Å²) >= 11 is 3.58. The quantitative estimate of drug-likeness (QED) is 0.291. The van der Waals surface area contributed by atoms with Crippen molar-refractivity contribution in [2.75, 3.05) is 6.61 Å². The van der Waals surface area contributed by atoms with Crippen LogP contribution in [-0.4, -0.2) is 17.4 Å². The van der Waals surface area contributed by atoms with Crippen molar-refractivity contribution in [3.63, 3.8) is 0 Å². The average Bonchev–Trinajstić information content (AvgIpc) is 2.18. The summed E-state index contributed by atoms with van der Waals surface area (Å²) in [5.41, 5.74) is 0.465. The molecule has 0 aromatic carbocycles. The Morgan fingerprint density at radius 2 is 2.07 bits per heavy atom. The summed E-state index contributed by atoms with van der Waals surface area (Å²) in [6.07, 6.45) is 5.78. The highest BCUT2D eigenvalue weighted by atomic mass is 79.9. The molecule has 1 unspecified atom stereocenters. The molecule has 1 atom stereocenters. The molecule has 15 heavy (non-hydrogen) atoms. The summed E-state index contributed by atoms with van der Waals surface area (Å²) in [6, 6.07) is 0. The van der Waals surface area contributed by atoms with Crippen molar-refractivity contribution >= 4 is 21.9 Å². The molecule has 0 N–H and O–H groups in total. The first-order chi connectivity index (χ1) is 7.07. The number of carbonyl (C=O) groups is 1. The minimum atomic E-state index is -0.289. The van der Waals surface area contributed by atoms with Crippen LogP contribution in [0.4, 0.5) is 0 Å². The van der Waals surface area contributed by atoms with Crippen LogP contribution >= 0.6 is 15.9 Å². The van der Waals surface area contributed by atoms with Gasteiger partial charge in [-0.05, 0) is 19.8 Å². The molecule has 3 heteroatoms. The van der Waals surface area contributed by atoms with Crippen molar-refractivity contribution in [2.24, 2.45) is 0 Å². The van der Waals surface area contributed by atoms with Crippen LogP contribution in [0.15, 0.2) is 12.2 Å². The lowest BCUT2D eigenvalue weighted by atomic mass is 10.1. The second-order valence-electron chi connectivity index (χ2n) is 3.80. The lowest BCUT2D eigenvalue weighted by Gasteiger charge is -2.09. The number of hydrogen-bond acceptors (Lipinski definition) is 2. The van der Waals surface area contributed by atoms with Crippen molar-refractivity contribution in [1.29, 1.82) is 0 Å². The van der Waals surface area contributed by atoms with E-state index in [1.54, 1.807) is 6.92 Å². The highest BCUT2D eigenvalue weighted by Gasteiger charge is 2.06. The summed E-state index contributed by atoms with van der Waals surface area (Å²) in [4.78, 5) is 11.5. The SMILES string of the molecule is C=C(C)C(=O)OCCC(Br)CCCCC. The Labute approximate surface area is 101 Å². The first-order valence-corrected chi connectivity index (χ1v) is 6.46. The number of unbranched alkanes of at least 4 members (excludes halogenated alkanes) is 2. The summed E-state index contributed by atoms with van der Waals surface area (Å²) in [6.45, 7) is 7.86. The Kier molecular flexibility index (Phi) is 8.77. The van der Waals surface area contributed by atoms with Gasteiger partial charge in [0.25, 0.3) is 0 Å². The van der Waals surface area contributed by atoms with E-state index < -0.39 is 0 Å². The van der Waals surface area contributed by atoms with E-state index in [-0.39, 0.29) is 5.97 Å². The van der Waals surface area contributed by atoms with Gasteiger partial charge in [-0.1, -0.05) is 48.7 Å². The van der Waals surface area contributed by atoms with Gasteiger partial charge in [-0.2, -0.15) is 0 Å². The van der Waals surface area contributed by atoms with Crippen molar-refractivity contribution in [2.45, 2.75) is 50.8 Å². The highest BCUT2D eigenvalue weighted by molar-refractivity contribution is 9.09. The Hall–Kier alpha value is -0.310. The molecule has 0 spiro atoms. The molecule has 0 heterocycles. The lowest BCUT2D eigenvalue weighted by Crippen LogP contribution is -2.10. The van der Waals surface area contributed by atoms with E-state index in [0.717, 1.165) is 12.8 Å². The van der Waals surface area contributed by atoms with E-state index >= 15 is 0 Å². The van der Waals surface area contributed by atoms with Gasteiger partial charge in [0.15, 0.2) is 0 Å². The number of halogens is 1. The minimum Gasteiger partial charge on any atom is -0.462 e. The standard InChI is InChI=1S/C12H21BrO2/c1-4-5-6-7-11(13)8-9-15-12(14)10(2)3/h11H,2,4-9H2,1,3H3. The van der Waals surface area contributed by atoms with Crippen LogP contribution in [0.25, 0.3) is 0 Å². The van der Waals surface area contributed by atoms with Gasteiger partial charge < -0.3 is 4.74 Å². The normalized spacial score (nSPS) is 12.2. The molecule has 0 bridgehead atoms. The Morgan fingerprint density at radius 1 is 1.40 bits per heavy atom. The van der Waals surface area contributed by atoms with Crippen LogP contribution in [-0.2, 0) is 9.53 Å². The molecule has 88 valence electrons. The predicted molar refractivity (Wildman–Crippen MR) is 67.2 cm³/mol. The fraction of sp³-hybridized carbons (Fsp3) is 0.750. The maximum Gasteiger partial charge on any atom is 0.333 e. The molecule has 0 rings (SSSR count).